The molecule has 2 heterocycles. The first-order chi connectivity index (χ1) is 18.5. The number of rotatable bonds is 6. The number of nitrogens with zero attached hydrogens (tertiary/aromatic N) is 3. The van der Waals surface area contributed by atoms with Gasteiger partial charge in [0.15, 0.2) is 0 Å². The first-order valence-corrected chi connectivity index (χ1v) is 13.2. The van der Waals surface area contributed by atoms with Gasteiger partial charge in [0, 0.05) is 41.0 Å². The molecule has 1 saturated heterocycles. The van der Waals surface area contributed by atoms with E-state index in [0.717, 1.165) is 36.1 Å². The highest BCUT2D eigenvalue weighted by Gasteiger charge is 2.24. The lowest BCUT2D eigenvalue weighted by Crippen LogP contribution is -2.41. The molecule has 7 heteroatoms. The Morgan fingerprint density at radius 2 is 1.58 bits per heavy atom. The largest absolute Gasteiger partial charge is 0.337 e. The molecule has 0 aliphatic carbocycles. The summed E-state index contributed by atoms with van der Waals surface area (Å²) in [5.41, 5.74) is 4.90. The Morgan fingerprint density at radius 3 is 2.26 bits per heavy atom. The molecule has 0 radical (unpaired) electrons. The fourth-order valence-corrected chi connectivity index (χ4v) is 4.64. The molecule has 38 heavy (non-hydrogen) atoms. The van der Waals surface area contributed by atoms with Gasteiger partial charge in [-0.25, -0.2) is 4.68 Å². The Labute approximate surface area is 227 Å². The molecule has 1 aliphatic heterocycles. The number of amides is 2. The van der Waals surface area contributed by atoms with Crippen LogP contribution in [0.1, 0.15) is 40.7 Å². The Kier molecular flexibility index (Phi) is 7.70. The molecule has 5 rings (SSSR count). The number of aryl methyl sites for hydroxylation is 1. The minimum absolute atomic E-state index is 0.195. The van der Waals surface area contributed by atoms with Crippen molar-refractivity contribution in [3.05, 3.63) is 112 Å². The topological polar surface area (TPSA) is 67.2 Å². The van der Waals surface area contributed by atoms with Gasteiger partial charge in [-0.05, 0) is 68.7 Å². The summed E-state index contributed by atoms with van der Waals surface area (Å²) in [5.74, 6) is -0.523. The van der Waals surface area contributed by atoms with Crippen molar-refractivity contribution >= 4 is 29.5 Å². The maximum Gasteiger partial charge on any atom is 0.270 e. The second-order valence-corrected chi connectivity index (χ2v) is 9.89. The number of aromatic nitrogens is 2. The Hall–Kier alpha value is -4.16. The van der Waals surface area contributed by atoms with Gasteiger partial charge >= 0.3 is 0 Å². The number of likely N-dealkylation sites (tertiary alicyclic amines) is 1. The summed E-state index contributed by atoms with van der Waals surface area (Å²) < 4.78 is 1.78. The molecule has 0 bridgehead atoms. The Bertz CT molecular complexity index is 1450. The van der Waals surface area contributed by atoms with E-state index in [4.69, 9.17) is 16.7 Å². The van der Waals surface area contributed by atoms with Crippen LogP contribution in [0.15, 0.2) is 90.8 Å². The summed E-state index contributed by atoms with van der Waals surface area (Å²) in [6.45, 7) is 3.31. The molecular weight excluding hydrogens is 496 g/mol. The molecule has 4 aromatic rings. The molecule has 192 valence electrons. The summed E-state index contributed by atoms with van der Waals surface area (Å²) in [7, 11) is 0. The third-order valence-corrected chi connectivity index (χ3v) is 6.87. The van der Waals surface area contributed by atoms with E-state index in [9.17, 15) is 9.59 Å². The van der Waals surface area contributed by atoms with Crippen LogP contribution < -0.4 is 5.32 Å². The van der Waals surface area contributed by atoms with Gasteiger partial charge in [0.25, 0.3) is 11.8 Å². The zero-order valence-electron chi connectivity index (χ0n) is 21.2. The molecule has 0 atom stereocenters. The SMILES string of the molecule is Cc1ccc(C(=O)NC(=Cc2cn(-c3ccccc3)nc2-c2ccc(Cl)cc2)C(=O)N2CCCCC2)cc1. The van der Waals surface area contributed by atoms with E-state index in [2.05, 4.69) is 5.32 Å². The third kappa shape index (κ3) is 5.87. The lowest BCUT2D eigenvalue weighted by molar-refractivity contribution is -0.128. The first-order valence-electron chi connectivity index (χ1n) is 12.8. The monoisotopic (exact) mass is 524 g/mol. The second kappa shape index (κ2) is 11.5. The van der Waals surface area contributed by atoms with E-state index in [-0.39, 0.29) is 17.5 Å². The maximum atomic E-state index is 13.7. The van der Waals surface area contributed by atoms with Crippen molar-refractivity contribution in [1.29, 1.82) is 0 Å². The zero-order chi connectivity index (χ0) is 26.5. The third-order valence-electron chi connectivity index (χ3n) is 6.62. The second-order valence-electron chi connectivity index (χ2n) is 9.45. The predicted molar refractivity (Wildman–Crippen MR) is 151 cm³/mol. The minimum atomic E-state index is -0.329. The van der Waals surface area contributed by atoms with E-state index in [1.165, 1.54) is 0 Å². The average molecular weight is 525 g/mol. The van der Waals surface area contributed by atoms with Crippen molar-refractivity contribution in [3.63, 3.8) is 0 Å². The van der Waals surface area contributed by atoms with Crippen LogP contribution in [0.25, 0.3) is 23.0 Å². The molecule has 0 spiro atoms. The van der Waals surface area contributed by atoms with Crippen LogP contribution in [0.5, 0.6) is 0 Å². The van der Waals surface area contributed by atoms with Crippen molar-refractivity contribution < 1.29 is 9.59 Å². The molecule has 1 aliphatic rings. The number of nitrogens with one attached hydrogen (secondary N) is 1. The highest BCUT2D eigenvalue weighted by molar-refractivity contribution is 6.30. The lowest BCUT2D eigenvalue weighted by atomic mass is 10.1. The maximum absolute atomic E-state index is 13.7. The van der Waals surface area contributed by atoms with Crippen LogP contribution in [0.2, 0.25) is 5.02 Å². The van der Waals surface area contributed by atoms with Gasteiger partial charge in [0.1, 0.15) is 11.4 Å². The lowest BCUT2D eigenvalue weighted by Gasteiger charge is -2.27. The Morgan fingerprint density at radius 1 is 0.895 bits per heavy atom. The van der Waals surface area contributed by atoms with Gasteiger partial charge in [-0.1, -0.05) is 59.6 Å². The molecular formula is C31H29ClN4O2. The van der Waals surface area contributed by atoms with Crippen LogP contribution in [0.3, 0.4) is 0 Å². The van der Waals surface area contributed by atoms with Crippen LogP contribution in [0.4, 0.5) is 0 Å². The van der Waals surface area contributed by atoms with Crippen molar-refractivity contribution in [2.45, 2.75) is 26.2 Å². The van der Waals surface area contributed by atoms with Crippen molar-refractivity contribution in [3.8, 4) is 16.9 Å². The number of halogens is 1. The van der Waals surface area contributed by atoms with E-state index in [1.54, 1.807) is 22.9 Å². The standard InChI is InChI=1S/C31H29ClN4O2/c1-22-10-12-24(13-11-22)30(37)33-28(31(38)35-18-6-3-7-19-35)20-25-21-36(27-8-4-2-5-9-27)34-29(25)23-14-16-26(32)17-15-23/h2,4-5,8-17,20-21H,3,6-7,18-19H2,1H3,(H,33,37). The summed E-state index contributed by atoms with van der Waals surface area (Å²) >= 11 is 6.14. The molecule has 1 N–H and O–H groups in total. The van der Waals surface area contributed by atoms with E-state index >= 15 is 0 Å². The van der Waals surface area contributed by atoms with Crippen LogP contribution in [-0.2, 0) is 4.79 Å². The summed E-state index contributed by atoms with van der Waals surface area (Å²) in [5, 5.41) is 8.38. The van der Waals surface area contributed by atoms with Gasteiger partial charge in [-0.2, -0.15) is 5.10 Å². The number of para-hydroxylation sites is 1. The van der Waals surface area contributed by atoms with E-state index < -0.39 is 0 Å². The van der Waals surface area contributed by atoms with Crippen LogP contribution in [0, 0.1) is 6.92 Å². The quantitative estimate of drug-likeness (QED) is 0.302. The van der Waals surface area contributed by atoms with Crippen molar-refractivity contribution in [2.75, 3.05) is 13.1 Å². The normalized spacial score (nSPS) is 13.8. The fourth-order valence-electron chi connectivity index (χ4n) is 4.51. The number of piperidine rings is 1. The van der Waals surface area contributed by atoms with E-state index in [1.807, 2.05) is 84.8 Å². The molecule has 6 nitrogen and oxygen atoms in total. The van der Waals surface area contributed by atoms with Gasteiger partial charge < -0.3 is 10.2 Å². The van der Waals surface area contributed by atoms with Gasteiger partial charge in [0.2, 0.25) is 0 Å². The van der Waals surface area contributed by atoms with E-state index in [0.29, 0.717) is 34.9 Å². The van der Waals surface area contributed by atoms with Crippen molar-refractivity contribution in [1.82, 2.24) is 20.0 Å². The van der Waals surface area contributed by atoms with Crippen molar-refractivity contribution in [2.24, 2.45) is 0 Å². The number of hydrogen-bond acceptors (Lipinski definition) is 3. The highest BCUT2D eigenvalue weighted by atomic mass is 35.5. The number of carbonyl (C=O) groups is 2. The molecule has 2 amide bonds. The van der Waals surface area contributed by atoms with Gasteiger partial charge in [-0.15, -0.1) is 0 Å². The summed E-state index contributed by atoms with van der Waals surface area (Å²) in [6, 6.07) is 24.5. The van der Waals surface area contributed by atoms with Crippen LogP contribution in [-0.4, -0.2) is 39.6 Å². The number of carbonyl (C=O) groups excluding carboxylic acids is 2. The fraction of sp³-hybridized carbons (Fsp3) is 0.194. The smallest absolute Gasteiger partial charge is 0.270 e. The number of hydrogen-bond donors (Lipinski definition) is 1. The summed E-state index contributed by atoms with van der Waals surface area (Å²) in [6.07, 6.45) is 6.61. The van der Waals surface area contributed by atoms with Gasteiger partial charge in [0.05, 0.1) is 5.69 Å². The molecule has 1 fully saturated rings. The zero-order valence-corrected chi connectivity index (χ0v) is 22.0. The number of benzene rings is 3. The molecule has 1 aromatic heterocycles. The molecule has 0 unspecified atom stereocenters. The summed E-state index contributed by atoms with van der Waals surface area (Å²) in [4.78, 5) is 28.7. The molecule has 0 saturated carbocycles. The van der Waals surface area contributed by atoms with Crippen LogP contribution >= 0.6 is 11.6 Å². The Balaban J connectivity index is 1.58. The highest BCUT2D eigenvalue weighted by Crippen LogP contribution is 2.27. The molecule has 3 aromatic carbocycles. The predicted octanol–water partition coefficient (Wildman–Crippen LogP) is 6.28. The van der Waals surface area contributed by atoms with Gasteiger partial charge in [-0.3, -0.25) is 9.59 Å². The minimum Gasteiger partial charge on any atom is -0.337 e. The first kappa shape index (κ1) is 25.5. The average Bonchev–Trinajstić information content (AvgIpc) is 3.37.